The molecule has 1 saturated carbocycles. The van der Waals surface area contributed by atoms with Crippen LogP contribution in [0.1, 0.15) is 48.5 Å². The van der Waals surface area contributed by atoms with E-state index in [0.717, 1.165) is 13.0 Å². The maximum absolute atomic E-state index is 13.9. The van der Waals surface area contributed by atoms with Crippen molar-refractivity contribution in [3.05, 3.63) is 29.1 Å². The molecule has 1 aliphatic heterocycles. The molecule has 1 N–H and O–H groups in total. The minimum atomic E-state index is -1.02. The van der Waals surface area contributed by atoms with Crippen LogP contribution in [0.2, 0.25) is 0 Å². The summed E-state index contributed by atoms with van der Waals surface area (Å²) in [5.41, 5.74) is 0.662. The fraction of sp³-hybridized carbons (Fsp3) is 0.588. The lowest BCUT2D eigenvalue weighted by Crippen LogP contribution is -2.51. The summed E-state index contributed by atoms with van der Waals surface area (Å²) in [5, 5.41) is 9.33. The molecule has 4 nitrogen and oxygen atoms in total. The third-order valence-corrected chi connectivity index (χ3v) is 4.80. The van der Waals surface area contributed by atoms with Gasteiger partial charge in [-0.1, -0.05) is 13.3 Å². The van der Waals surface area contributed by atoms with Crippen LogP contribution in [0.5, 0.6) is 5.75 Å². The van der Waals surface area contributed by atoms with Crippen LogP contribution in [-0.4, -0.2) is 41.2 Å². The minimum Gasteiger partial charge on any atom is -0.489 e. The number of fused-ring (bicyclic) bond motifs is 1. The Morgan fingerprint density at radius 3 is 2.77 bits per heavy atom. The van der Waals surface area contributed by atoms with Gasteiger partial charge in [0.15, 0.2) is 11.6 Å². The number of halogens is 1. The van der Waals surface area contributed by atoms with Gasteiger partial charge < -0.3 is 9.84 Å². The van der Waals surface area contributed by atoms with Crippen molar-refractivity contribution in [3.63, 3.8) is 0 Å². The predicted octanol–water partition coefficient (Wildman–Crippen LogP) is 3.09. The molecule has 0 spiro atoms. The van der Waals surface area contributed by atoms with Crippen molar-refractivity contribution in [2.24, 2.45) is 0 Å². The van der Waals surface area contributed by atoms with E-state index in [4.69, 9.17) is 4.74 Å². The molecule has 1 atom stereocenters. The highest BCUT2D eigenvalue weighted by Gasteiger charge is 2.35. The van der Waals surface area contributed by atoms with E-state index in [1.807, 2.05) is 0 Å². The van der Waals surface area contributed by atoms with Crippen molar-refractivity contribution in [2.45, 2.75) is 51.1 Å². The Morgan fingerprint density at radius 1 is 1.41 bits per heavy atom. The van der Waals surface area contributed by atoms with E-state index < -0.39 is 11.8 Å². The van der Waals surface area contributed by atoms with E-state index in [9.17, 15) is 14.3 Å². The maximum Gasteiger partial charge on any atom is 0.336 e. The Balaban J connectivity index is 1.88. The van der Waals surface area contributed by atoms with Crippen molar-refractivity contribution >= 4 is 5.97 Å². The van der Waals surface area contributed by atoms with Gasteiger partial charge in [0.05, 0.1) is 5.56 Å². The van der Waals surface area contributed by atoms with E-state index in [1.165, 1.54) is 31.4 Å². The molecule has 120 valence electrons. The largest absolute Gasteiger partial charge is 0.489 e. The molecule has 1 fully saturated rings. The van der Waals surface area contributed by atoms with E-state index >= 15 is 0 Å². The van der Waals surface area contributed by atoms with Gasteiger partial charge in [-0.05, 0) is 44.4 Å². The standard InChI is InChI=1S/C17H22FNO3/c1-2-8-19(11-4-3-5-11)12-9-14-13(17(20)21)6-7-15(18)16(14)22-10-12/h6-7,11-12H,2-5,8-10H2,1H3,(H,20,21)/t12-/m1/s1. The molecule has 1 aromatic carbocycles. The van der Waals surface area contributed by atoms with Gasteiger partial charge >= 0.3 is 5.97 Å². The molecule has 2 aliphatic rings. The number of carboxylic acid groups (broad SMARTS) is 1. The summed E-state index contributed by atoms with van der Waals surface area (Å²) in [5.74, 6) is -1.36. The van der Waals surface area contributed by atoms with E-state index in [0.29, 0.717) is 24.6 Å². The summed E-state index contributed by atoms with van der Waals surface area (Å²) in [4.78, 5) is 13.8. The molecule has 22 heavy (non-hydrogen) atoms. The molecular weight excluding hydrogens is 285 g/mol. The average Bonchev–Trinajstić information content (AvgIpc) is 2.44. The van der Waals surface area contributed by atoms with E-state index in [2.05, 4.69) is 11.8 Å². The normalized spacial score (nSPS) is 21.1. The zero-order chi connectivity index (χ0) is 15.7. The highest BCUT2D eigenvalue weighted by molar-refractivity contribution is 5.90. The van der Waals surface area contributed by atoms with Crippen molar-refractivity contribution < 1.29 is 19.0 Å². The van der Waals surface area contributed by atoms with Crippen LogP contribution in [0.4, 0.5) is 4.39 Å². The number of hydrogen-bond donors (Lipinski definition) is 1. The van der Waals surface area contributed by atoms with Gasteiger partial charge in [0, 0.05) is 17.6 Å². The molecule has 1 aliphatic carbocycles. The highest BCUT2D eigenvalue weighted by atomic mass is 19.1. The maximum atomic E-state index is 13.9. The highest BCUT2D eigenvalue weighted by Crippen LogP contribution is 2.35. The number of benzene rings is 1. The zero-order valence-corrected chi connectivity index (χ0v) is 12.8. The molecule has 0 amide bonds. The topological polar surface area (TPSA) is 49.8 Å². The van der Waals surface area contributed by atoms with Crippen LogP contribution >= 0.6 is 0 Å². The lowest BCUT2D eigenvalue weighted by atomic mass is 9.88. The van der Waals surface area contributed by atoms with Crippen LogP contribution in [-0.2, 0) is 6.42 Å². The summed E-state index contributed by atoms with van der Waals surface area (Å²) in [6.07, 6.45) is 5.24. The summed E-state index contributed by atoms with van der Waals surface area (Å²) < 4.78 is 19.5. The number of carboxylic acids is 1. The average molecular weight is 307 g/mol. The quantitative estimate of drug-likeness (QED) is 0.908. The van der Waals surface area contributed by atoms with E-state index in [1.54, 1.807) is 0 Å². The van der Waals surface area contributed by atoms with Gasteiger partial charge in [0.1, 0.15) is 6.61 Å². The molecule has 0 radical (unpaired) electrons. The second-order valence-electron chi connectivity index (χ2n) is 6.20. The second kappa shape index (κ2) is 6.24. The Hall–Kier alpha value is -1.62. The Morgan fingerprint density at radius 2 is 2.18 bits per heavy atom. The number of ether oxygens (including phenoxy) is 1. The smallest absolute Gasteiger partial charge is 0.336 e. The number of aromatic carboxylic acids is 1. The lowest BCUT2D eigenvalue weighted by Gasteiger charge is -2.44. The van der Waals surface area contributed by atoms with Gasteiger partial charge in [-0.25, -0.2) is 9.18 Å². The SMILES string of the molecule is CCCN(C1CCC1)[C@H]1COc2c(F)ccc(C(=O)O)c2C1. The number of nitrogens with zero attached hydrogens (tertiary/aromatic N) is 1. The van der Waals surface area contributed by atoms with Crippen LogP contribution < -0.4 is 4.74 Å². The molecular formula is C17H22FNO3. The number of carbonyl (C=O) groups is 1. The monoisotopic (exact) mass is 307 g/mol. The lowest BCUT2D eigenvalue weighted by molar-refractivity contribution is 0.0426. The second-order valence-corrected chi connectivity index (χ2v) is 6.20. The van der Waals surface area contributed by atoms with Crippen LogP contribution in [0.3, 0.4) is 0 Å². The molecule has 0 unspecified atom stereocenters. The van der Waals surface area contributed by atoms with Crippen LogP contribution in [0, 0.1) is 5.82 Å². The molecule has 1 aromatic rings. The van der Waals surface area contributed by atoms with Crippen LogP contribution in [0.15, 0.2) is 12.1 Å². The Kier molecular flexibility index (Phi) is 4.34. The summed E-state index contributed by atoms with van der Waals surface area (Å²) in [6, 6.07) is 3.23. The van der Waals surface area contributed by atoms with Gasteiger partial charge in [-0.15, -0.1) is 0 Å². The van der Waals surface area contributed by atoms with Crippen molar-refractivity contribution in [2.75, 3.05) is 13.2 Å². The minimum absolute atomic E-state index is 0.126. The molecule has 0 bridgehead atoms. The number of rotatable bonds is 5. The predicted molar refractivity (Wildman–Crippen MR) is 81.0 cm³/mol. The number of hydrogen-bond acceptors (Lipinski definition) is 3. The Bertz CT molecular complexity index is 571. The first-order valence-electron chi connectivity index (χ1n) is 8.05. The summed E-state index contributed by atoms with van der Waals surface area (Å²) >= 11 is 0. The molecule has 5 heteroatoms. The van der Waals surface area contributed by atoms with Gasteiger partial charge in [0.25, 0.3) is 0 Å². The van der Waals surface area contributed by atoms with E-state index in [-0.39, 0.29) is 17.4 Å². The van der Waals surface area contributed by atoms with Crippen molar-refractivity contribution in [1.29, 1.82) is 0 Å². The third-order valence-electron chi connectivity index (χ3n) is 4.80. The van der Waals surface area contributed by atoms with Gasteiger partial charge in [-0.2, -0.15) is 0 Å². The zero-order valence-electron chi connectivity index (χ0n) is 12.8. The van der Waals surface area contributed by atoms with Gasteiger partial charge in [0.2, 0.25) is 0 Å². The van der Waals surface area contributed by atoms with Gasteiger partial charge in [-0.3, -0.25) is 4.90 Å². The molecule has 1 heterocycles. The Labute approximate surface area is 129 Å². The molecule has 3 rings (SSSR count). The van der Waals surface area contributed by atoms with Crippen molar-refractivity contribution in [3.8, 4) is 5.75 Å². The fourth-order valence-electron chi connectivity index (χ4n) is 3.49. The first-order valence-corrected chi connectivity index (χ1v) is 8.05. The fourth-order valence-corrected chi connectivity index (χ4v) is 3.49. The van der Waals surface area contributed by atoms with Crippen LogP contribution in [0.25, 0.3) is 0 Å². The molecule has 0 aromatic heterocycles. The first-order chi connectivity index (χ1) is 10.6. The molecule has 0 saturated heterocycles. The third kappa shape index (κ3) is 2.70. The van der Waals surface area contributed by atoms with Crippen molar-refractivity contribution in [1.82, 2.24) is 4.90 Å². The summed E-state index contributed by atoms with van der Waals surface area (Å²) in [7, 11) is 0. The summed E-state index contributed by atoms with van der Waals surface area (Å²) in [6.45, 7) is 3.56. The first kappa shape index (κ1) is 15.3.